The number of carbonyl (C=O) groups is 1. The van der Waals surface area contributed by atoms with Gasteiger partial charge in [0.15, 0.2) is 17.5 Å². The number of carbonyl (C=O) groups excluding carboxylic acids is 1. The van der Waals surface area contributed by atoms with Crippen molar-refractivity contribution in [2.75, 3.05) is 5.32 Å². The largest absolute Gasteiger partial charge is 0.322 e. The van der Waals surface area contributed by atoms with E-state index >= 15 is 0 Å². The predicted octanol–water partition coefficient (Wildman–Crippen LogP) is 2.89. The molecule has 1 N–H and O–H groups in total. The Labute approximate surface area is 104 Å². The van der Waals surface area contributed by atoms with Crippen molar-refractivity contribution < 1.29 is 22.4 Å². The second kappa shape index (κ2) is 5.05. The van der Waals surface area contributed by atoms with E-state index in [1.165, 1.54) is 6.07 Å². The fourth-order valence-corrected chi connectivity index (χ4v) is 1.38. The van der Waals surface area contributed by atoms with Gasteiger partial charge in [0.2, 0.25) is 5.95 Å². The number of rotatable bonds is 2. The Kier molecular flexibility index (Phi) is 3.46. The first-order valence-electron chi connectivity index (χ1n) is 5.05. The van der Waals surface area contributed by atoms with Crippen LogP contribution in [0.25, 0.3) is 0 Å². The highest BCUT2D eigenvalue weighted by atomic mass is 19.2. The van der Waals surface area contributed by atoms with E-state index in [0.29, 0.717) is 12.1 Å². The van der Waals surface area contributed by atoms with Gasteiger partial charge in [-0.05, 0) is 12.1 Å². The zero-order valence-electron chi connectivity index (χ0n) is 9.25. The lowest BCUT2D eigenvalue weighted by atomic mass is 10.2. The molecule has 98 valence electrons. The van der Waals surface area contributed by atoms with Crippen LogP contribution in [0.1, 0.15) is 10.4 Å². The van der Waals surface area contributed by atoms with Crippen molar-refractivity contribution in [3.63, 3.8) is 0 Å². The highest BCUT2D eigenvalue weighted by Crippen LogP contribution is 2.18. The lowest BCUT2D eigenvalue weighted by Gasteiger charge is -2.06. The van der Waals surface area contributed by atoms with Gasteiger partial charge in [0.05, 0.1) is 5.56 Å². The molecule has 0 aliphatic rings. The number of anilines is 1. The van der Waals surface area contributed by atoms with Gasteiger partial charge in [0.25, 0.3) is 5.91 Å². The molecular formula is C12H6F4N2O. The SMILES string of the molecule is O=C(Nc1cc(F)c(F)c(F)c1)c1cccnc1F. The molecule has 0 aliphatic carbocycles. The summed E-state index contributed by atoms with van der Waals surface area (Å²) in [5.74, 6) is -6.53. The van der Waals surface area contributed by atoms with Gasteiger partial charge in [-0.3, -0.25) is 4.79 Å². The number of nitrogens with zero attached hydrogens (tertiary/aromatic N) is 1. The standard InChI is InChI=1S/C12H6F4N2O/c13-8-4-6(5-9(14)10(8)15)18-12(19)7-2-1-3-17-11(7)16/h1-5H,(H,18,19). The molecule has 0 unspecified atom stereocenters. The lowest BCUT2D eigenvalue weighted by molar-refractivity contribution is 0.102. The van der Waals surface area contributed by atoms with Gasteiger partial charge < -0.3 is 5.32 Å². The second-order valence-corrected chi connectivity index (χ2v) is 3.55. The molecule has 0 bridgehead atoms. The fraction of sp³-hybridized carbons (Fsp3) is 0. The van der Waals surface area contributed by atoms with E-state index in [4.69, 9.17) is 0 Å². The molecule has 2 aromatic rings. The van der Waals surface area contributed by atoms with Crippen molar-refractivity contribution >= 4 is 11.6 Å². The summed E-state index contributed by atoms with van der Waals surface area (Å²) < 4.78 is 51.7. The summed E-state index contributed by atoms with van der Waals surface area (Å²) in [6.45, 7) is 0. The minimum Gasteiger partial charge on any atom is -0.322 e. The highest BCUT2D eigenvalue weighted by molar-refractivity contribution is 6.04. The molecule has 1 amide bonds. The molecule has 0 fully saturated rings. The third-order valence-electron chi connectivity index (χ3n) is 2.25. The molecule has 0 saturated heterocycles. The number of pyridine rings is 1. The molecule has 0 saturated carbocycles. The Morgan fingerprint density at radius 2 is 1.74 bits per heavy atom. The van der Waals surface area contributed by atoms with E-state index in [1.54, 1.807) is 0 Å². The predicted molar refractivity (Wildman–Crippen MR) is 58.5 cm³/mol. The first-order valence-corrected chi connectivity index (χ1v) is 5.05. The fourth-order valence-electron chi connectivity index (χ4n) is 1.38. The second-order valence-electron chi connectivity index (χ2n) is 3.55. The van der Waals surface area contributed by atoms with Crippen LogP contribution in [0, 0.1) is 23.4 Å². The van der Waals surface area contributed by atoms with Crippen LogP contribution in [-0.2, 0) is 0 Å². The van der Waals surface area contributed by atoms with Crippen molar-refractivity contribution in [2.24, 2.45) is 0 Å². The summed E-state index contributed by atoms with van der Waals surface area (Å²) in [5.41, 5.74) is -0.725. The summed E-state index contributed by atoms with van der Waals surface area (Å²) in [7, 11) is 0. The van der Waals surface area contributed by atoms with Crippen LogP contribution < -0.4 is 5.32 Å². The third kappa shape index (κ3) is 2.70. The Bertz CT molecular complexity index is 622. The Morgan fingerprint density at radius 3 is 2.32 bits per heavy atom. The quantitative estimate of drug-likeness (QED) is 0.518. The molecule has 0 atom stereocenters. The monoisotopic (exact) mass is 270 g/mol. The maximum atomic E-state index is 13.2. The number of amides is 1. The number of aromatic nitrogens is 1. The zero-order valence-corrected chi connectivity index (χ0v) is 9.25. The van der Waals surface area contributed by atoms with E-state index in [2.05, 4.69) is 4.98 Å². The van der Waals surface area contributed by atoms with Gasteiger partial charge in [0, 0.05) is 24.0 Å². The Hall–Kier alpha value is -2.44. The molecular weight excluding hydrogens is 264 g/mol. The highest BCUT2D eigenvalue weighted by Gasteiger charge is 2.15. The van der Waals surface area contributed by atoms with Crippen molar-refractivity contribution in [1.82, 2.24) is 4.98 Å². The van der Waals surface area contributed by atoms with Crippen molar-refractivity contribution in [1.29, 1.82) is 0 Å². The average molecular weight is 270 g/mol. The van der Waals surface area contributed by atoms with Crippen LogP contribution in [0.2, 0.25) is 0 Å². The molecule has 7 heteroatoms. The molecule has 19 heavy (non-hydrogen) atoms. The molecule has 0 aliphatic heterocycles. The molecule has 0 spiro atoms. The minimum absolute atomic E-state index is 0.329. The molecule has 0 radical (unpaired) electrons. The molecule has 3 nitrogen and oxygen atoms in total. The van der Waals surface area contributed by atoms with Crippen LogP contribution in [0.5, 0.6) is 0 Å². The lowest BCUT2D eigenvalue weighted by Crippen LogP contribution is -2.15. The van der Waals surface area contributed by atoms with Gasteiger partial charge in [-0.1, -0.05) is 0 Å². The summed E-state index contributed by atoms with van der Waals surface area (Å²) >= 11 is 0. The summed E-state index contributed by atoms with van der Waals surface area (Å²) in [6, 6.07) is 3.65. The number of hydrogen-bond donors (Lipinski definition) is 1. The number of benzene rings is 1. The number of nitrogens with one attached hydrogen (secondary N) is 1. The summed E-state index contributed by atoms with van der Waals surface area (Å²) in [4.78, 5) is 14.9. The van der Waals surface area contributed by atoms with Crippen LogP contribution in [0.3, 0.4) is 0 Å². The van der Waals surface area contributed by atoms with Crippen molar-refractivity contribution in [2.45, 2.75) is 0 Å². The normalized spacial score (nSPS) is 10.3. The zero-order chi connectivity index (χ0) is 14.0. The van der Waals surface area contributed by atoms with Crippen LogP contribution in [-0.4, -0.2) is 10.9 Å². The maximum absolute atomic E-state index is 13.2. The number of hydrogen-bond acceptors (Lipinski definition) is 2. The van der Waals surface area contributed by atoms with Crippen LogP contribution >= 0.6 is 0 Å². The van der Waals surface area contributed by atoms with Gasteiger partial charge in [-0.15, -0.1) is 0 Å². The van der Waals surface area contributed by atoms with Gasteiger partial charge >= 0.3 is 0 Å². The van der Waals surface area contributed by atoms with E-state index in [9.17, 15) is 22.4 Å². The Morgan fingerprint density at radius 1 is 1.11 bits per heavy atom. The van der Waals surface area contributed by atoms with Crippen LogP contribution in [0.4, 0.5) is 23.2 Å². The van der Waals surface area contributed by atoms with Gasteiger partial charge in [0.1, 0.15) is 0 Å². The molecule has 2 rings (SSSR count). The van der Waals surface area contributed by atoms with Crippen LogP contribution in [0.15, 0.2) is 30.5 Å². The van der Waals surface area contributed by atoms with E-state index in [1.807, 2.05) is 5.32 Å². The van der Waals surface area contributed by atoms with Crippen molar-refractivity contribution in [3.05, 3.63) is 59.4 Å². The summed E-state index contributed by atoms with van der Waals surface area (Å²) in [5, 5.41) is 2.04. The Balaban J connectivity index is 2.27. The van der Waals surface area contributed by atoms with Crippen molar-refractivity contribution in [3.8, 4) is 0 Å². The first-order chi connectivity index (χ1) is 8.99. The first kappa shape index (κ1) is 13.0. The van der Waals surface area contributed by atoms with E-state index in [0.717, 1.165) is 12.3 Å². The topological polar surface area (TPSA) is 42.0 Å². The molecule has 1 aromatic heterocycles. The molecule has 1 aromatic carbocycles. The third-order valence-corrected chi connectivity index (χ3v) is 2.25. The van der Waals surface area contributed by atoms with E-state index in [-0.39, 0.29) is 5.69 Å². The summed E-state index contributed by atoms with van der Waals surface area (Å²) in [6.07, 6.45) is 1.14. The number of halogens is 4. The molecule has 1 heterocycles. The smallest absolute Gasteiger partial charge is 0.260 e. The minimum atomic E-state index is -1.65. The van der Waals surface area contributed by atoms with Gasteiger partial charge in [-0.25, -0.2) is 18.2 Å². The average Bonchev–Trinajstić information content (AvgIpc) is 2.36. The maximum Gasteiger partial charge on any atom is 0.260 e. The van der Waals surface area contributed by atoms with E-state index < -0.39 is 34.9 Å². The van der Waals surface area contributed by atoms with Gasteiger partial charge in [-0.2, -0.15) is 4.39 Å².